The predicted molar refractivity (Wildman–Crippen MR) is 92.6 cm³/mol. The molecule has 0 spiro atoms. The zero-order valence-corrected chi connectivity index (χ0v) is 14.9. The fraction of sp³-hybridized carbons (Fsp3) is 0.579. The minimum absolute atomic E-state index is 0.0866. The van der Waals surface area contributed by atoms with Crippen molar-refractivity contribution in [2.75, 3.05) is 26.2 Å². The number of benzene rings is 1. The molecule has 4 rings (SSSR count). The van der Waals surface area contributed by atoms with Crippen molar-refractivity contribution < 1.29 is 8.91 Å². The van der Waals surface area contributed by atoms with Gasteiger partial charge in [0.15, 0.2) is 5.82 Å². The maximum atomic E-state index is 14.0. The van der Waals surface area contributed by atoms with Gasteiger partial charge in [-0.2, -0.15) is 4.98 Å². The van der Waals surface area contributed by atoms with E-state index in [9.17, 15) is 4.39 Å². The van der Waals surface area contributed by atoms with E-state index in [1.165, 1.54) is 18.9 Å². The van der Waals surface area contributed by atoms with Crippen molar-refractivity contribution in [3.05, 3.63) is 47.4 Å². The second-order valence-electron chi connectivity index (χ2n) is 7.21. The first-order valence-electron chi connectivity index (χ1n) is 9.19. The van der Waals surface area contributed by atoms with Gasteiger partial charge in [-0.3, -0.25) is 9.80 Å². The first-order chi connectivity index (χ1) is 12.1. The van der Waals surface area contributed by atoms with E-state index >= 15 is 0 Å². The van der Waals surface area contributed by atoms with Crippen LogP contribution in [0.25, 0.3) is 0 Å². The lowest BCUT2D eigenvalue weighted by Gasteiger charge is -2.39. The predicted octanol–water partition coefficient (Wildman–Crippen LogP) is 3.53. The molecule has 2 atom stereocenters. The SMILES string of the molecule is CC(c1nc(C2CC2)no1)N1CCN(C(C)c2ccccc2F)CC1. The van der Waals surface area contributed by atoms with E-state index < -0.39 is 0 Å². The highest BCUT2D eigenvalue weighted by atomic mass is 19.1. The van der Waals surface area contributed by atoms with Gasteiger partial charge in [-0.05, 0) is 32.8 Å². The minimum atomic E-state index is -0.121. The Bertz CT molecular complexity index is 722. The molecule has 6 heteroatoms. The molecule has 5 nitrogen and oxygen atoms in total. The molecule has 1 saturated heterocycles. The lowest BCUT2D eigenvalue weighted by molar-refractivity contribution is 0.0669. The summed E-state index contributed by atoms with van der Waals surface area (Å²) in [6, 6.07) is 7.28. The van der Waals surface area contributed by atoms with Gasteiger partial charge in [0, 0.05) is 43.7 Å². The van der Waals surface area contributed by atoms with Gasteiger partial charge in [0.1, 0.15) is 5.82 Å². The van der Waals surface area contributed by atoms with Crippen LogP contribution in [0.1, 0.15) is 62.0 Å². The molecule has 1 aliphatic carbocycles. The molecule has 2 unspecified atom stereocenters. The lowest BCUT2D eigenvalue weighted by Crippen LogP contribution is -2.47. The second kappa shape index (κ2) is 6.84. The third-order valence-corrected chi connectivity index (χ3v) is 5.56. The third-order valence-electron chi connectivity index (χ3n) is 5.56. The Hall–Kier alpha value is -1.79. The zero-order valence-electron chi connectivity index (χ0n) is 14.9. The van der Waals surface area contributed by atoms with Crippen molar-refractivity contribution >= 4 is 0 Å². The minimum Gasteiger partial charge on any atom is -0.338 e. The number of piperazine rings is 1. The maximum Gasteiger partial charge on any atom is 0.243 e. The number of aromatic nitrogens is 2. The van der Waals surface area contributed by atoms with E-state index in [2.05, 4.69) is 33.8 Å². The summed E-state index contributed by atoms with van der Waals surface area (Å²) in [5.41, 5.74) is 0.773. The van der Waals surface area contributed by atoms with Gasteiger partial charge < -0.3 is 4.52 Å². The van der Waals surface area contributed by atoms with Crippen LogP contribution in [0, 0.1) is 5.82 Å². The van der Waals surface area contributed by atoms with E-state index in [1.54, 1.807) is 6.07 Å². The molecule has 2 aliphatic rings. The molecule has 0 bridgehead atoms. The van der Waals surface area contributed by atoms with Crippen molar-refractivity contribution in [1.29, 1.82) is 0 Å². The standard InChI is InChI=1S/C19H25FN4O/c1-13(16-5-3-4-6-17(16)20)23-9-11-24(12-10-23)14(2)19-21-18(22-25-19)15-7-8-15/h3-6,13-15H,7-12H2,1-2H3. The van der Waals surface area contributed by atoms with Crippen LogP contribution in [0.3, 0.4) is 0 Å². The number of rotatable bonds is 5. The molecule has 1 aromatic heterocycles. The van der Waals surface area contributed by atoms with Gasteiger partial charge in [0.05, 0.1) is 6.04 Å². The molecule has 134 valence electrons. The van der Waals surface area contributed by atoms with Gasteiger partial charge >= 0.3 is 0 Å². The van der Waals surface area contributed by atoms with Crippen molar-refractivity contribution in [2.24, 2.45) is 0 Å². The van der Waals surface area contributed by atoms with Gasteiger partial charge in [-0.15, -0.1) is 0 Å². The van der Waals surface area contributed by atoms with E-state index in [4.69, 9.17) is 4.52 Å². The van der Waals surface area contributed by atoms with E-state index in [1.807, 2.05) is 12.1 Å². The smallest absolute Gasteiger partial charge is 0.243 e. The topological polar surface area (TPSA) is 45.4 Å². The van der Waals surface area contributed by atoms with Gasteiger partial charge in [-0.25, -0.2) is 4.39 Å². The molecule has 0 N–H and O–H groups in total. The molecule has 2 heterocycles. The lowest BCUT2D eigenvalue weighted by atomic mass is 10.1. The molecule has 1 aliphatic heterocycles. The first kappa shape index (κ1) is 16.7. The monoisotopic (exact) mass is 344 g/mol. The molecule has 2 aromatic rings. The number of hydrogen-bond acceptors (Lipinski definition) is 5. The summed E-state index contributed by atoms with van der Waals surface area (Å²) in [4.78, 5) is 9.29. The average Bonchev–Trinajstić information content (AvgIpc) is 3.38. The Labute approximate surface area is 147 Å². The van der Waals surface area contributed by atoms with Crippen LogP contribution in [0.2, 0.25) is 0 Å². The van der Waals surface area contributed by atoms with Crippen LogP contribution in [0.15, 0.2) is 28.8 Å². The van der Waals surface area contributed by atoms with Crippen LogP contribution in [-0.2, 0) is 0 Å². The molecule has 0 radical (unpaired) electrons. The van der Waals surface area contributed by atoms with Gasteiger partial charge in [-0.1, -0.05) is 23.4 Å². The van der Waals surface area contributed by atoms with Crippen molar-refractivity contribution in [3.8, 4) is 0 Å². The zero-order chi connectivity index (χ0) is 17.4. The maximum absolute atomic E-state index is 14.0. The summed E-state index contributed by atoms with van der Waals surface area (Å²) in [5, 5.41) is 4.12. The van der Waals surface area contributed by atoms with Crippen LogP contribution >= 0.6 is 0 Å². The largest absolute Gasteiger partial charge is 0.338 e. The third kappa shape index (κ3) is 3.46. The van der Waals surface area contributed by atoms with Crippen LogP contribution in [0.4, 0.5) is 4.39 Å². The van der Waals surface area contributed by atoms with Gasteiger partial charge in [0.25, 0.3) is 0 Å². The molecular weight excluding hydrogens is 319 g/mol. The van der Waals surface area contributed by atoms with Crippen LogP contribution in [-0.4, -0.2) is 46.1 Å². The van der Waals surface area contributed by atoms with Gasteiger partial charge in [0.2, 0.25) is 5.89 Å². The number of nitrogens with zero attached hydrogens (tertiary/aromatic N) is 4. The summed E-state index contributed by atoms with van der Waals surface area (Å²) >= 11 is 0. The van der Waals surface area contributed by atoms with E-state index in [0.29, 0.717) is 5.92 Å². The van der Waals surface area contributed by atoms with Crippen molar-refractivity contribution in [2.45, 2.75) is 44.7 Å². The summed E-state index contributed by atoms with van der Waals surface area (Å²) in [6.45, 7) is 7.85. The van der Waals surface area contributed by atoms with Crippen LogP contribution < -0.4 is 0 Å². The van der Waals surface area contributed by atoms with Crippen molar-refractivity contribution in [3.63, 3.8) is 0 Å². The summed E-state index contributed by atoms with van der Waals surface area (Å²) < 4.78 is 19.5. The van der Waals surface area contributed by atoms with E-state index in [-0.39, 0.29) is 17.9 Å². The fourth-order valence-corrected chi connectivity index (χ4v) is 3.60. The first-order valence-corrected chi connectivity index (χ1v) is 9.19. The summed E-state index contributed by atoms with van der Waals surface area (Å²) in [5.74, 6) is 1.98. The molecule has 25 heavy (non-hydrogen) atoms. The Balaban J connectivity index is 1.36. The molecule has 1 aromatic carbocycles. The fourth-order valence-electron chi connectivity index (χ4n) is 3.60. The Morgan fingerprint density at radius 3 is 2.32 bits per heavy atom. The molecule has 0 amide bonds. The number of hydrogen-bond donors (Lipinski definition) is 0. The number of halogens is 1. The molecule has 2 fully saturated rings. The Morgan fingerprint density at radius 1 is 1.04 bits per heavy atom. The quantitative estimate of drug-likeness (QED) is 0.830. The molecular formula is C19H25FN4O. The highest BCUT2D eigenvalue weighted by molar-refractivity contribution is 5.20. The summed E-state index contributed by atoms with van der Waals surface area (Å²) in [6.07, 6.45) is 2.36. The highest BCUT2D eigenvalue weighted by Crippen LogP contribution is 2.38. The highest BCUT2D eigenvalue weighted by Gasteiger charge is 2.32. The second-order valence-corrected chi connectivity index (χ2v) is 7.21. The van der Waals surface area contributed by atoms with Crippen molar-refractivity contribution in [1.82, 2.24) is 19.9 Å². The Morgan fingerprint density at radius 2 is 1.68 bits per heavy atom. The van der Waals surface area contributed by atoms with Crippen LogP contribution in [0.5, 0.6) is 0 Å². The normalized spacial score (nSPS) is 22.0. The van der Waals surface area contributed by atoms with E-state index in [0.717, 1.165) is 43.5 Å². The summed E-state index contributed by atoms with van der Waals surface area (Å²) in [7, 11) is 0. The molecule has 1 saturated carbocycles. The Kier molecular flexibility index (Phi) is 4.56. The average molecular weight is 344 g/mol.